The Morgan fingerprint density at radius 3 is 2.78 bits per heavy atom. The molecular weight excluding hydrogens is 422 g/mol. The first-order valence-electron chi connectivity index (χ1n) is 10.1. The molecule has 0 saturated carbocycles. The molecule has 0 atom stereocenters. The van der Waals surface area contributed by atoms with Crippen LogP contribution in [0.5, 0.6) is 11.5 Å². The molecular formula is C21H24F2N6O3. The lowest BCUT2D eigenvalue weighted by atomic mass is 9.90. The zero-order valence-corrected chi connectivity index (χ0v) is 18.1. The maximum atomic E-state index is 13.5. The zero-order chi connectivity index (χ0) is 23.1. The van der Waals surface area contributed by atoms with E-state index in [1.807, 2.05) is 0 Å². The quantitative estimate of drug-likeness (QED) is 0.504. The summed E-state index contributed by atoms with van der Waals surface area (Å²) in [5, 5.41) is 13.1. The minimum atomic E-state index is -3.74. The van der Waals surface area contributed by atoms with Gasteiger partial charge in [0.25, 0.3) is 5.91 Å². The molecule has 0 unspecified atom stereocenters. The second-order valence-electron chi connectivity index (χ2n) is 8.20. The summed E-state index contributed by atoms with van der Waals surface area (Å²) in [6, 6.07) is 6.13. The van der Waals surface area contributed by atoms with Crippen molar-refractivity contribution in [1.82, 2.24) is 19.9 Å². The highest BCUT2D eigenvalue weighted by Crippen LogP contribution is 2.46. The van der Waals surface area contributed by atoms with Crippen molar-refractivity contribution in [2.24, 2.45) is 5.41 Å². The Morgan fingerprint density at radius 2 is 2.06 bits per heavy atom. The first-order chi connectivity index (χ1) is 15.1. The molecule has 1 amide bonds. The highest BCUT2D eigenvalue weighted by molar-refractivity contribution is 6.00. The van der Waals surface area contributed by atoms with Crippen molar-refractivity contribution in [3.63, 3.8) is 0 Å². The van der Waals surface area contributed by atoms with E-state index in [-0.39, 0.29) is 28.5 Å². The van der Waals surface area contributed by atoms with Crippen LogP contribution in [0.15, 0.2) is 30.5 Å². The van der Waals surface area contributed by atoms with E-state index < -0.39 is 6.29 Å². The van der Waals surface area contributed by atoms with Crippen molar-refractivity contribution in [2.75, 3.05) is 24.2 Å². The van der Waals surface area contributed by atoms with Gasteiger partial charge in [-0.3, -0.25) is 4.79 Å². The van der Waals surface area contributed by atoms with E-state index >= 15 is 0 Å². The number of anilines is 3. The molecule has 3 N–H and O–H groups in total. The van der Waals surface area contributed by atoms with Gasteiger partial charge in [-0.25, -0.2) is 4.98 Å². The maximum Gasteiger partial charge on any atom is 0.586 e. The molecule has 3 heterocycles. The fourth-order valence-electron chi connectivity index (χ4n) is 3.11. The molecule has 0 spiro atoms. The number of nitrogens with one attached hydrogen (secondary N) is 3. The van der Waals surface area contributed by atoms with E-state index in [4.69, 9.17) is 0 Å². The van der Waals surface area contributed by atoms with Crippen molar-refractivity contribution >= 4 is 28.9 Å². The van der Waals surface area contributed by atoms with E-state index in [1.165, 1.54) is 16.8 Å². The van der Waals surface area contributed by atoms with Gasteiger partial charge in [0.05, 0.1) is 11.9 Å². The molecule has 0 fully saturated rings. The van der Waals surface area contributed by atoms with Crippen LogP contribution >= 0.6 is 0 Å². The average molecular weight is 446 g/mol. The summed E-state index contributed by atoms with van der Waals surface area (Å²) in [4.78, 5) is 17.3. The van der Waals surface area contributed by atoms with Crippen LogP contribution in [0.2, 0.25) is 0 Å². The lowest BCUT2D eigenvalue weighted by Crippen LogP contribution is -2.33. The molecule has 9 nitrogen and oxygen atoms in total. The highest BCUT2D eigenvalue weighted by Gasteiger charge is 2.44. The average Bonchev–Trinajstić information content (AvgIpc) is 3.31. The monoisotopic (exact) mass is 446 g/mol. The summed E-state index contributed by atoms with van der Waals surface area (Å²) < 4.78 is 37.6. The van der Waals surface area contributed by atoms with Crippen molar-refractivity contribution in [3.8, 4) is 11.5 Å². The number of hydrogen-bond donors (Lipinski definition) is 3. The number of hydrogen-bond acceptors (Lipinski definition) is 7. The summed E-state index contributed by atoms with van der Waals surface area (Å²) in [5.74, 6) is 0.333. The largest absolute Gasteiger partial charge is 0.586 e. The van der Waals surface area contributed by atoms with Crippen LogP contribution in [0.4, 0.5) is 26.1 Å². The maximum absolute atomic E-state index is 13.5. The van der Waals surface area contributed by atoms with Crippen molar-refractivity contribution in [1.29, 1.82) is 0 Å². The molecule has 170 valence electrons. The molecule has 32 heavy (non-hydrogen) atoms. The lowest BCUT2D eigenvalue weighted by molar-refractivity contribution is -0.286. The standard InChI is InChI=1S/C21H24F2N6O3/c1-5-20(2,3)11-25-19(30)12-10-26-29-16(24-4)9-15(28-18(12)29)27-13-7-6-8-14-17(13)32-21(22,23)31-14/h6-10,24H,5,11H2,1-4H3,(H,25,30)(H,27,28). The van der Waals surface area contributed by atoms with E-state index in [0.29, 0.717) is 29.4 Å². The fourth-order valence-corrected chi connectivity index (χ4v) is 3.11. The van der Waals surface area contributed by atoms with Crippen LogP contribution in [-0.2, 0) is 0 Å². The Morgan fingerprint density at radius 1 is 1.28 bits per heavy atom. The number of ether oxygens (including phenoxy) is 2. The van der Waals surface area contributed by atoms with Gasteiger partial charge in [0.2, 0.25) is 0 Å². The Hall–Kier alpha value is -3.63. The minimum Gasteiger partial charge on any atom is -0.395 e. The van der Waals surface area contributed by atoms with Crippen molar-refractivity contribution in [3.05, 3.63) is 36.0 Å². The number of halogens is 2. The van der Waals surface area contributed by atoms with Gasteiger partial charge in [0.15, 0.2) is 17.1 Å². The third-order valence-corrected chi connectivity index (χ3v) is 5.35. The van der Waals surface area contributed by atoms with Gasteiger partial charge < -0.3 is 25.4 Å². The predicted molar refractivity (Wildman–Crippen MR) is 115 cm³/mol. The third-order valence-electron chi connectivity index (χ3n) is 5.35. The molecule has 4 rings (SSSR count). The zero-order valence-electron chi connectivity index (χ0n) is 18.1. The number of fused-ring (bicyclic) bond motifs is 2. The lowest BCUT2D eigenvalue weighted by Gasteiger charge is -2.22. The second-order valence-corrected chi connectivity index (χ2v) is 8.20. The highest BCUT2D eigenvalue weighted by atomic mass is 19.3. The van der Waals surface area contributed by atoms with Crippen LogP contribution in [-0.4, -0.2) is 40.4 Å². The molecule has 1 aromatic carbocycles. The van der Waals surface area contributed by atoms with Gasteiger partial charge >= 0.3 is 6.29 Å². The molecule has 1 aliphatic heterocycles. The van der Waals surface area contributed by atoms with E-state index in [2.05, 4.69) is 56.3 Å². The molecule has 11 heteroatoms. The number of carbonyl (C=O) groups excluding carboxylic acids is 1. The van der Waals surface area contributed by atoms with E-state index in [9.17, 15) is 13.6 Å². The Balaban J connectivity index is 1.67. The summed E-state index contributed by atoms with van der Waals surface area (Å²) in [7, 11) is 1.70. The predicted octanol–water partition coefficient (Wildman–Crippen LogP) is 4.00. The Kier molecular flexibility index (Phi) is 5.27. The summed E-state index contributed by atoms with van der Waals surface area (Å²) in [5.41, 5.74) is 0.795. The molecule has 0 radical (unpaired) electrons. The molecule has 0 saturated heterocycles. The number of alkyl halides is 2. The van der Waals surface area contributed by atoms with Crippen molar-refractivity contribution in [2.45, 2.75) is 33.5 Å². The molecule has 1 aliphatic rings. The fraction of sp³-hybridized carbons (Fsp3) is 0.381. The van der Waals surface area contributed by atoms with Crippen molar-refractivity contribution < 1.29 is 23.0 Å². The molecule has 0 aliphatic carbocycles. The SMILES string of the molecule is CCC(C)(C)CNC(=O)c1cnn2c(NC)cc(Nc3cccc4c3OC(F)(F)O4)nc12. The summed E-state index contributed by atoms with van der Waals surface area (Å²) >= 11 is 0. The number of nitrogens with zero attached hydrogens (tertiary/aromatic N) is 3. The number of carbonyl (C=O) groups is 1. The van der Waals surface area contributed by atoms with Crippen LogP contribution in [0.3, 0.4) is 0 Å². The smallest absolute Gasteiger partial charge is 0.395 e. The number of rotatable bonds is 7. The normalized spacial score (nSPS) is 14.4. The number of benzene rings is 1. The molecule has 0 bridgehead atoms. The third kappa shape index (κ3) is 4.10. The van der Waals surface area contributed by atoms with E-state index in [0.717, 1.165) is 6.42 Å². The number of aromatic nitrogens is 3. The van der Waals surface area contributed by atoms with E-state index in [1.54, 1.807) is 25.2 Å². The summed E-state index contributed by atoms with van der Waals surface area (Å²) in [6.45, 7) is 6.69. The van der Waals surface area contributed by atoms with Crippen LogP contribution in [0.25, 0.3) is 5.65 Å². The van der Waals surface area contributed by atoms with Gasteiger partial charge in [-0.2, -0.15) is 9.61 Å². The minimum absolute atomic E-state index is 0.0489. The van der Waals surface area contributed by atoms with Crippen LogP contribution in [0, 0.1) is 5.41 Å². The van der Waals surface area contributed by atoms with Gasteiger partial charge in [-0.05, 0) is 24.0 Å². The van der Waals surface area contributed by atoms with Crippen LogP contribution in [0.1, 0.15) is 37.6 Å². The van der Waals surface area contributed by atoms with Gasteiger partial charge in [0, 0.05) is 19.7 Å². The van der Waals surface area contributed by atoms with Crippen LogP contribution < -0.4 is 25.4 Å². The summed E-state index contributed by atoms with van der Waals surface area (Å²) in [6.07, 6.45) is -1.39. The molecule has 2 aromatic heterocycles. The topological polar surface area (TPSA) is 102 Å². The Bertz CT molecular complexity index is 1180. The Labute approximate surface area is 183 Å². The second kappa shape index (κ2) is 7.81. The first-order valence-corrected chi connectivity index (χ1v) is 10.1. The van der Waals surface area contributed by atoms with Gasteiger partial charge in [-0.1, -0.05) is 26.8 Å². The van der Waals surface area contributed by atoms with Gasteiger partial charge in [0.1, 0.15) is 17.2 Å². The molecule has 3 aromatic rings. The van der Waals surface area contributed by atoms with Gasteiger partial charge in [-0.15, -0.1) is 8.78 Å². The first kappa shape index (κ1) is 21.6. The number of para-hydroxylation sites is 1. The number of amides is 1.